The van der Waals surface area contributed by atoms with Gasteiger partial charge in [0.25, 0.3) is 0 Å². The fourth-order valence-corrected chi connectivity index (χ4v) is 4.31. The summed E-state index contributed by atoms with van der Waals surface area (Å²) in [6.07, 6.45) is 5.79. The number of carbonyl (C=O) groups is 1. The van der Waals surface area contributed by atoms with Crippen LogP contribution >= 0.6 is 0 Å². The third kappa shape index (κ3) is 5.90. The van der Waals surface area contributed by atoms with Crippen LogP contribution in [0.3, 0.4) is 0 Å². The smallest absolute Gasteiger partial charge is 0.319 e. The minimum absolute atomic E-state index is 0.0523. The van der Waals surface area contributed by atoms with Gasteiger partial charge < -0.3 is 15.4 Å². The number of carbonyl (C=O) groups excluding carboxylic acids is 1. The Labute approximate surface area is 215 Å². The summed E-state index contributed by atoms with van der Waals surface area (Å²) in [7, 11) is 0. The lowest BCUT2D eigenvalue weighted by atomic mass is 9.85. The van der Waals surface area contributed by atoms with Crippen LogP contribution in [0.2, 0.25) is 0 Å². The van der Waals surface area contributed by atoms with Crippen molar-refractivity contribution in [2.75, 3.05) is 5.32 Å². The van der Waals surface area contributed by atoms with Crippen LogP contribution in [-0.2, 0) is 5.54 Å². The Morgan fingerprint density at radius 1 is 1.16 bits per heavy atom. The van der Waals surface area contributed by atoms with Crippen LogP contribution in [0.4, 0.5) is 14.9 Å². The molecule has 1 aliphatic rings. The summed E-state index contributed by atoms with van der Waals surface area (Å²) in [5, 5.41) is 26.5. The molecule has 0 bridgehead atoms. The number of fused-ring (bicyclic) bond motifs is 1. The highest BCUT2D eigenvalue weighted by atomic mass is 19.1. The summed E-state index contributed by atoms with van der Waals surface area (Å²) >= 11 is 0. The van der Waals surface area contributed by atoms with Gasteiger partial charge in [0.05, 0.1) is 29.7 Å². The number of halogens is 1. The van der Waals surface area contributed by atoms with Crippen molar-refractivity contribution in [3.63, 3.8) is 0 Å². The molecule has 37 heavy (non-hydrogen) atoms. The fourth-order valence-electron chi connectivity index (χ4n) is 4.31. The van der Waals surface area contributed by atoms with Gasteiger partial charge in [0, 0.05) is 12.1 Å². The molecule has 0 saturated heterocycles. The van der Waals surface area contributed by atoms with Gasteiger partial charge in [0.2, 0.25) is 0 Å². The quantitative estimate of drug-likeness (QED) is 0.276. The third-order valence-corrected chi connectivity index (χ3v) is 6.33. The van der Waals surface area contributed by atoms with Gasteiger partial charge >= 0.3 is 6.03 Å². The van der Waals surface area contributed by atoms with E-state index < -0.39 is 12.1 Å². The molecule has 4 N–H and O–H groups in total. The second kappa shape index (κ2) is 10.2. The topological polar surface area (TPSA) is 121 Å². The molecule has 0 aliphatic heterocycles. The maximum atomic E-state index is 14.3. The zero-order valence-corrected chi connectivity index (χ0v) is 21.8. The Kier molecular flexibility index (Phi) is 7.20. The normalized spacial score (nSPS) is 17.3. The average molecular weight is 508 g/mol. The van der Waals surface area contributed by atoms with E-state index in [-0.39, 0.29) is 28.9 Å². The number of pyridine rings is 1. The molecule has 3 aromatic rings. The molecular weight excluding hydrogens is 473 g/mol. The first kappa shape index (κ1) is 26.1. The Morgan fingerprint density at radius 2 is 1.92 bits per heavy atom. The van der Waals surface area contributed by atoms with Crippen LogP contribution in [-0.4, -0.2) is 26.2 Å². The molecule has 0 spiro atoms. The molecule has 2 unspecified atom stereocenters. The zero-order valence-electron chi connectivity index (χ0n) is 21.8. The summed E-state index contributed by atoms with van der Waals surface area (Å²) in [5.41, 5.74) is 2.01. The molecular formula is C27H34FN7O2. The van der Waals surface area contributed by atoms with Crippen LogP contribution in [0.5, 0.6) is 5.75 Å². The number of anilines is 1. The number of ether oxygens (including phenoxy) is 1. The lowest BCUT2D eigenvalue weighted by Crippen LogP contribution is -2.35. The van der Waals surface area contributed by atoms with Gasteiger partial charge in [0.1, 0.15) is 29.0 Å². The van der Waals surface area contributed by atoms with E-state index in [9.17, 15) is 9.18 Å². The minimum Gasteiger partial charge on any atom is -0.484 e. The predicted molar refractivity (Wildman–Crippen MR) is 139 cm³/mol. The molecule has 1 aliphatic carbocycles. The van der Waals surface area contributed by atoms with E-state index in [2.05, 4.69) is 15.7 Å². The van der Waals surface area contributed by atoms with Crippen molar-refractivity contribution in [2.45, 2.75) is 65.1 Å². The molecule has 4 rings (SSSR count). The van der Waals surface area contributed by atoms with E-state index in [1.807, 2.05) is 34.6 Å². The molecule has 2 aromatic heterocycles. The van der Waals surface area contributed by atoms with E-state index in [1.165, 1.54) is 16.7 Å². The van der Waals surface area contributed by atoms with Gasteiger partial charge in [0.15, 0.2) is 0 Å². The van der Waals surface area contributed by atoms with Crippen LogP contribution < -0.4 is 20.9 Å². The number of amides is 2. The number of nitrogens with zero attached hydrogens (tertiary/aromatic N) is 3. The number of benzene rings is 1. The lowest BCUT2D eigenvalue weighted by molar-refractivity contribution is 0.171. The minimum atomic E-state index is -0.396. The highest BCUT2D eigenvalue weighted by Gasteiger charge is 2.30. The van der Waals surface area contributed by atoms with Crippen LogP contribution in [0.25, 0.3) is 0 Å². The number of nitrogens with one attached hydrogen (secondary N) is 4. The summed E-state index contributed by atoms with van der Waals surface area (Å²) in [4.78, 5) is 12.8. The SMILES string of the molecule is CC(C)C(=N)n1cc(OC2CCC(NC(=O)Nc3cnn(C(C)(C)C)c3)c3cc(F)ccc32)ccc1=N. The second-order valence-electron chi connectivity index (χ2n) is 10.6. The van der Waals surface area contributed by atoms with Crippen molar-refractivity contribution >= 4 is 17.6 Å². The Hall–Kier alpha value is -3.95. The van der Waals surface area contributed by atoms with Crippen LogP contribution in [0.15, 0.2) is 48.9 Å². The second-order valence-corrected chi connectivity index (χ2v) is 10.6. The third-order valence-electron chi connectivity index (χ3n) is 6.33. The first-order valence-corrected chi connectivity index (χ1v) is 12.4. The first-order chi connectivity index (χ1) is 17.4. The summed E-state index contributed by atoms with van der Waals surface area (Å²) in [6, 6.07) is 7.03. The van der Waals surface area contributed by atoms with E-state index in [0.29, 0.717) is 35.7 Å². The Bertz CT molecular complexity index is 1370. The molecule has 0 fully saturated rings. The van der Waals surface area contributed by atoms with Crippen molar-refractivity contribution in [1.82, 2.24) is 19.7 Å². The Balaban J connectivity index is 1.51. The lowest BCUT2D eigenvalue weighted by Gasteiger charge is -2.32. The van der Waals surface area contributed by atoms with Crippen molar-refractivity contribution in [3.8, 4) is 5.75 Å². The molecule has 196 valence electrons. The van der Waals surface area contributed by atoms with E-state index in [0.717, 1.165) is 5.56 Å². The average Bonchev–Trinajstić information content (AvgIpc) is 3.30. The highest BCUT2D eigenvalue weighted by molar-refractivity contribution is 5.89. The molecule has 2 heterocycles. The Morgan fingerprint density at radius 3 is 2.59 bits per heavy atom. The van der Waals surface area contributed by atoms with Crippen molar-refractivity contribution in [3.05, 3.63) is 71.4 Å². The molecule has 2 amide bonds. The molecule has 9 nitrogen and oxygen atoms in total. The van der Waals surface area contributed by atoms with Gasteiger partial charge in [-0.2, -0.15) is 5.10 Å². The molecule has 1 aromatic carbocycles. The molecule has 0 radical (unpaired) electrons. The van der Waals surface area contributed by atoms with Gasteiger partial charge in [-0.05, 0) is 69.0 Å². The monoisotopic (exact) mass is 507 g/mol. The highest BCUT2D eigenvalue weighted by Crippen LogP contribution is 2.39. The van der Waals surface area contributed by atoms with Crippen LogP contribution in [0.1, 0.15) is 70.7 Å². The van der Waals surface area contributed by atoms with Crippen LogP contribution in [0, 0.1) is 22.6 Å². The van der Waals surface area contributed by atoms with E-state index in [1.54, 1.807) is 41.5 Å². The van der Waals surface area contributed by atoms with Crippen molar-refractivity contribution in [2.24, 2.45) is 5.92 Å². The van der Waals surface area contributed by atoms with Crippen molar-refractivity contribution < 1.29 is 13.9 Å². The van der Waals surface area contributed by atoms with Gasteiger partial charge in [-0.3, -0.25) is 20.1 Å². The fraction of sp³-hybridized carbons (Fsp3) is 0.407. The molecule has 10 heteroatoms. The summed E-state index contributed by atoms with van der Waals surface area (Å²) < 4.78 is 23.8. The van der Waals surface area contributed by atoms with Crippen molar-refractivity contribution in [1.29, 1.82) is 10.8 Å². The zero-order chi connectivity index (χ0) is 26.9. The largest absolute Gasteiger partial charge is 0.484 e. The van der Waals surface area contributed by atoms with E-state index in [4.69, 9.17) is 15.6 Å². The van der Waals surface area contributed by atoms with E-state index >= 15 is 0 Å². The number of hydrogen-bond donors (Lipinski definition) is 4. The van der Waals surface area contributed by atoms with Gasteiger partial charge in [-0.1, -0.05) is 19.9 Å². The molecule has 2 atom stereocenters. The molecule has 0 saturated carbocycles. The first-order valence-electron chi connectivity index (χ1n) is 12.4. The standard InChI is InChI=1S/C27H34FN7O2/c1-16(2)25(30)34-15-19(7-11-24(34)29)37-23-10-9-22(21-12-17(28)6-8-20(21)23)33-26(36)32-18-13-31-35(14-18)27(3,4)5/h6-8,11-16,22-23,29-30H,9-10H2,1-5H3,(H2,32,33,36). The summed E-state index contributed by atoms with van der Waals surface area (Å²) in [5.74, 6) is 0.370. The maximum Gasteiger partial charge on any atom is 0.319 e. The number of rotatable bonds is 5. The number of urea groups is 1. The van der Waals surface area contributed by atoms with Gasteiger partial charge in [-0.25, -0.2) is 9.18 Å². The predicted octanol–water partition coefficient (Wildman–Crippen LogP) is 5.32. The van der Waals surface area contributed by atoms with Gasteiger partial charge in [-0.15, -0.1) is 0 Å². The number of aromatic nitrogens is 3. The maximum absolute atomic E-state index is 14.3. The summed E-state index contributed by atoms with van der Waals surface area (Å²) in [6.45, 7) is 9.85. The number of hydrogen-bond acceptors (Lipinski definition) is 5.